The summed E-state index contributed by atoms with van der Waals surface area (Å²) in [4.78, 5) is 13.4. The van der Waals surface area contributed by atoms with Crippen LogP contribution in [0.3, 0.4) is 0 Å². The molecule has 0 amide bonds. The number of hydrogen-bond donors (Lipinski definition) is 2. The van der Waals surface area contributed by atoms with E-state index in [1.165, 1.54) is 0 Å². The molecule has 1 saturated heterocycles. The van der Waals surface area contributed by atoms with Gasteiger partial charge in [-0.2, -0.15) is 0 Å². The minimum absolute atomic E-state index is 0.188. The summed E-state index contributed by atoms with van der Waals surface area (Å²) < 4.78 is 5.46. The van der Waals surface area contributed by atoms with Crippen LogP contribution in [-0.2, 0) is 11.3 Å². The second-order valence-electron chi connectivity index (χ2n) is 4.60. The predicted molar refractivity (Wildman–Crippen MR) is 68.5 cm³/mol. The molecule has 0 aromatic heterocycles. The summed E-state index contributed by atoms with van der Waals surface area (Å²) >= 11 is 0. The number of nitrogens with zero attached hydrogens (tertiary/aromatic N) is 1. The van der Waals surface area contributed by atoms with E-state index in [2.05, 4.69) is 4.90 Å². The molecule has 0 bridgehead atoms. The van der Waals surface area contributed by atoms with E-state index < -0.39 is 5.97 Å². The summed E-state index contributed by atoms with van der Waals surface area (Å²) in [6.45, 7) is 4.93. The van der Waals surface area contributed by atoms with Gasteiger partial charge in [0.25, 0.3) is 0 Å². The average Bonchev–Trinajstić information content (AvgIpc) is 2.28. The van der Waals surface area contributed by atoms with Crippen molar-refractivity contribution in [2.24, 2.45) is 0 Å². The van der Waals surface area contributed by atoms with Crippen LogP contribution in [0.15, 0.2) is 18.2 Å². The van der Waals surface area contributed by atoms with E-state index >= 15 is 0 Å². The third kappa shape index (κ3) is 2.80. The number of hydrogen-bond acceptors (Lipinski definition) is 4. The van der Waals surface area contributed by atoms with Crippen molar-refractivity contribution in [2.45, 2.75) is 19.6 Å². The number of nitrogens with two attached hydrogens (primary N) is 1. The van der Waals surface area contributed by atoms with Crippen molar-refractivity contribution in [1.29, 1.82) is 0 Å². The van der Waals surface area contributed by atoms with Gasteiger partial charge in [0.1, 0.15) is 0 Å². The Balaban J connectivity index is 2.18. The van der Waals surface area contributed by atoms with Gasteiger partial charge in [0.15, 0.2) is 0 Å². The molecular weight excluding hydrogens is 232 g/mol. The van der Waals surface area contributed by atoms with Gasteiger partial charge in [-0.1, -0.05) is 12.1 Å². The molecule has 0 spiro atoms. The molecule has 18 heavy (non-hydrogen) atoms. The summed E-state index contributed by atoms with van der Waals surface area (Å²) in [6, 6.07) is 5.23. The van der Waals surface area contributed by atoms with Crippen molar-refractivity contribution in [3.8, 4) is 0 Å². The summed E-state index contributed by atoms with van der Waals surface area (Å²) in [6.07, 6.45) is 0.188. The van der Waals surface area contributed by atoms with E-state index in [9.17, 15) is 9.90 Å². The lowest BCUT2D eigenvalue weighted by atomic mass is 10.0. The van der Waals surface area contributed by atoms with Gasteiger partial charge in [-0.15, -0.1) is 0 Å². The van der Waals surface area contributed by atoms with E-state index in [1.54, 1.807) is 12.1 Å². The molecule has 0 saturated carbocycles. The fourth-order valence-corrected chi connectivity index (χ4v) is 2.29. The topological polar surface area (TPSA) is 75.8 Å². The molecule has 1 fully saturated rings. The predicted octanol–water partition coefficient (Wildman–Crippen LogP) is 1.19. The van der Waals surface area contributed by atoms with Crippen LogP contribution < -0.4 is 5.73 Å². The summed E-state index contributed by atoms with van der Waals surface area (Å²) in [5, 5.41) is 9.20. The Kier molecular flexibility index (Phi) is 3.84. The fourth-order valence-electron chi connectivity index (χ4n) is 2.29. The first kappa shape index (κ1) is 12.9. The molecular formula is C13H18N2O3. The van der Waals surface area contributed by atoms with Gasteiger partial charge in [-0.05, 0) is 18.6 Å². The number of morpholine rings is 1. The highest BCUT2D eigenvalue weighted by atomic mass is 16.5. The van der Waals surface area contributed by atoms with Gasteiger partial charge in [0.05, 0.1) is 18.3 Å². The summed E-state index contributed by atoms with van der Waals surface area (Å²) in [5.41, 5.74) is 7.03. The molecule has 2 rings (SSSR count). The second-order valence-corrected chi connectivity index (χ2v) is 4.60. The molecule has 1 unspecified atom stereocenters. The van der Waals surface area contributed by atoms with Crippen molar-refractivity contribution < 1.29 is 14.6 Å². The SMILES string of the molecule is CC1CN(Cc2cccc(N)c2C(=O)O)CCO1. The first-order valence-electron chi connectivity index (χ1n) is 6.02. The van der Waals surface area contributed by atoms with Gasteiger partial charge >= 0.3 is 5.97 Å². The Bertz CT molecular complexity index is 448. The molecule has 1 atom stereocenters. The first-order chi connectivity index (χ1) is 8.58. The maximum absolute atomic E-state index is 11.2. The highest BCUT2D eigenvalue weighted by Crippen LogP contribution is 2.20. The van der Waals surface area contributed by atoms with Gasteiger partial charge in [-0.3, -0.25) is 4.90 Å². The molecule has 1 aromatic carbocycles. The van der Waals surface area contributed by atoms with Crippen molar-refractivity contribution in [1.82, 2.24) is 4.90 Å². The fraction of sp³-hybridized carbons (Fsp3) is 0.462. The Morgan fingerprint density at radius 1 is 1.61 bits per heavy atom. The number of ether oxygens (including phenoxy) is 1. The lowest BCUT2D eigenvalue weighted by molar-refractivity contribution is -0.0212. The number of rotatable bonds is 3. The number of benzene rings is 1. The highest BCUT2D eigenvalue weighted by molar-refractivity contribution is 5.95. The first-order valence-corrected chi connectivity index (χ1v) is 6.02. The van der Waals surface area contributed by atoms with E-state index in [4.69, 9.17) is 10.5 Å². The second kappa shape index (κ2) is 5.37. The summed E-state index contributed by atoms with van der Waals surface area (Å²) in [7, 11) is 0. The molecule has 5 nitrogen and oxygen atoms in total. The van der Waals surface area contributed by atoms with Crippen LogP contribution in [0.25, 0.3) is 0 Å². The number of carbonyl (C=O) groups is 1. The van der Waals surface area contributed by atoms with Crippen molar-refractivity contribution in [3.63, 3.8) is 0 Å². The highest BCUT2D eigenvalue weighted by Gasteiger charge is 2.20. The molecule has 0 aliphatic carbocycles. The standard InChI is InChI=1S/C13H18N2O3/c1-9-7-15(5-6-18-9)8-10-3-2-4-11(14)12(10)13(16)17/h2-4,9H,5-8,14H2,1H3,(H,16,17). The Labute approximate surface area is 106 Å². The molecule has 1 heterocycles. The third-order valence-electron chi connectivity index (χ3n) is 3.12. The summed E-state index contributed by atoms with van der Waals surface area (Å²) in [5.74, 6) is -0.968. The van der Waals surface area contributed by atoms with E-state index in [0.29, 0.717) is 18.8 Å². The lowest BCUT2D eigenvalue weighted by Crippen LogP contribution is -2.40. The maximum Gasteiger partial charge on any atom is 0.338 e. The number of nitrogen functional groups attached to an aromatic ring is 1. The average molecular weight is 250 g/mol. The van der Waals surface area contributed by atoms with Gasteiger partial charge in [-0.25, -0.2) is 4.79 Å². The third-order valence-corrected chi connectivity index (χ3v) is 3.12. The van der Waals surface area contributed by atoms with Crippen LogP contribution in [0.2, 0.25) is 0 Å². The van der Waals surface area contributed by atoms with Crippen LogP contribution in [0, 0.1) is 0 Å². The molecule has 3 N–H and O–H groups in total. The number of carboxylic acids is 1. The number of anilines is 1. The number of aromatic carboxylic acids is 1. The van der Waals surface area contributed by atoms with Gasteiger partial charge in [0.2, 0.25) is 0 Å². The minimum atomic E-state index is -0.968. The molecule has 1 aliphatic heterocycles. The maximum atomic E-state index is 11.2. The van der Waals surface area contributed by atoms with Gasteiger partial charge < -0.3 is 15.6 Å². The zero-order valence-corrected chi connectivity index (χ0v) is 10.4. The van der Waals surface area contributed by atoms with E-state index in [-0.39, 0.29) is 11.7 Å². The zero-order chi connectivity index (χ0) is 13.1. The number of carboxylic acid groups (broad SMARTS) is 1. The zero-order valence-electron chi connectivity index (χ0n) is 10.4. The van der Waals surface area contributed by atoms with Crippen LogP contribution in [0.5, 0.6) is 0 Å². The van der Waals surface area contributed by atoms with Crippen molar-refractivity contribution >= 4 is 11.7 Å². The molecule has 1 aromatic rings. The van der Waals surface area contributed by atoms with E-state index in [1.807, 2.05) is 13.0 Å². The Hall–Kier alpha value is -1.59. The van der Waals surface area contributed by atoms with Crippen molar-refractivity contribution in [3.05, 3.63) is 29.3 Å². The Morgan fingerprint density at radius 3 is 3.06 bits per heavy atom. The van der Waals surface area contributed by atoms with Crippen LogP contribution >= 0.6 is 0 Å². The minimum Gasteiger partial charge on any atom is -0.478 e. The van der Waals surface area contributed by atoms with Crippen LogP contribution in [-0.4, -0.2) is 41.8 Å². The largest absolute Gasteiger partial charge is 0.478 e. The van der Waals surface area contributed by atoms with Gasteiger partial charge in [0, 0.05) is 25.3 Å². The van der Waals surface area contributed by atoms with Crippen LogP contribution in [0.4, 0.5) is 5.69 Å². The van der Waals surface area contributed by atoms with E-state index in [0.717, 1.165) is 18.7 Å². The monoisotopic (exact) mass is 250 g/mol. The molecule has 1 aliphatic rings. The van der Waals surface area contributed by atoms with Crippen molar-refractivity contribution in [2.75, 3.05) is 25.4 Å². The molecule has 98 valence electrons. The quantitative estimate of drug-likeness (QED) is 0.788. The smallest absolute Gasteiger partial charge is 0.338 e. The van der Waals surface area contributed by atoms with Crippen LogP contribution in [0.1, 0.15) is 22.8 Å². The Morgan fingerprint density at radius 2 is 2.39 bits per heavy atom. The molecule has 0 radical (unpaired) electrons. The molecule has 5 heteroatoms. The lowest BCUT2D eigenvalue weighted by Gasteiger charge is -2.31. The normalized spacial score (nSPS) is 20.8.